The summed E-state index contributed by atoms with van der Waals surface area (Å²) in [6.45, 7) is 4.53. The standard InChI is InChI=1S/C40H29N3O/c1-3-24(2)26-18-20-34-32(23-26)37-35(21-19-30-29-12-7-9-15-36(29)44-39(30)37)43(34)40-41-33-14-8-6-13-31(33)38(42-40)28-17-16-25-10-4-5-11-27(25)22-28/h4-24H,3H2,1-2H3. The third kappa shape index (κ3) is 3.64. The molecule has 6 aromatic carbocycles. The van der Waals surface area contributed by atoms with Crippen molar-refractivity contribution in [2.45, 2.75) is 26.2 Å². The summed E-state index contributed by atoms with van der Waals surface area (Å²) >= 11 is 0. The van der Waals surface area contributed by atoms with Crippen LogP contribution in [-0.2, 0) is 0 Å². The molecular weight excluding hydrogens is 538 g/mol. The van der Waals surface area contributed by atoms with E-state index in [9.17, 15) is 0 Å². The van der Waals surface area contributed by atoms with Crippen molar-refractivity contribution in [3.8, 4) is 17.2 Å². The molecule has 0 N–H and O–H groups in total. The Kier molecular flexibility index (Phi) is 5.42. The van der Waals surface area contributed by atoms with Gasteiger partial charge in [0, 0.05) is 27.1 Å². The van der Waals surface area contributed by atoms with E-state index in [4.69, 9.17) is 14.4 Å². The Balaban J connectivity index is 1.39. The lowest BCUT2D eigenvalue weighted by molar-refractivity contribution is 0.673. The molecule has 0 amide bonds. The van der Waals surface area contributed by atoms with Crippen LogP contribution in [-0.4, -0.2) is 14.5 Å². The highest BCUT2D eigenvalue weighted by molar-refractivity contribution is 6.23. The molecule has 210 valence electrons. The van der Waals surface area contributed by atoms with Gasteiger partial charge in [-0.1, -0.05) is 92.7 Å². The second-order valence-corrected chi connectivity index (χ2v) is 11.8. The molecule has 44 heavy (non-hydrogen) atoms. The van der Waals surface area contributed by atoms with E-state index < -0.39 is 0 Å². The summed E-state index contributed by atoms with van der Waals surface area (Å²) in [6.07, 6.45) is 1.08. The van der Waals surface area contributed by atoms with E-state index in [0.717, 1.165) is 72.3 Å². The van der Waals surface area contributed by atoms with E-state index in [0.29, 0.717) is 11.9 Å². The average Bonchev–Trinajstić information content (AvgIpc) is 3.62. The number of para-hydroxylation sites is 2. The van der Waals surface area contributed by atoms with Crippen molar-refractivity contribution in [1.29, 1.82) is 0 Å². The third-order valence-corrected chi connectivity index (χ3v) is 9.29. The normalized spacial score (nSPS) is 12.8. The molecule has 0 aliphatic rings. The lowest BCUT2D eigenvalue weighted by Crippen LogP contribution is -2.03. The highest BCUT2D eigenvalue weighted by atomic mass is 16.3. The highest BCUT2D eigenvalue weighted by Gasteiger charge is 2.22. The van der Waals surface area contributed by atoms with Crippen LogP contribution in [0.2, 0.25) is 0 Å². The molecule has 0 radical (unpaired) electrons. The number of fused-ring (bicyclic) bond motifs is 9. The minimum atomic E-state index is 0.448. The molecule has 9 rings (SSSR count). The summed E-state index contributed by atoms with van der Waals surface area (Å²) in [5.41, 5.74) is 8.14. The molecule has 3 aromatic heterocycles. The van der Waals surface area contributed by atoms with Gasteiger partial charge in [-0.3, -0.25) is 4.57 Å². The summed E-state index contributed by atoms with van der Waals surface area (Å²) < 4.78 is 8.82. The number of aromatic nitrogens is 3. The van der Waals surface area contributed by atoms with Gasteiger partial charge in [-0.25, -0.2) is 9.97 Å². The third-order valence-electron chi connectivity index (χ3n) is 9.29. The number of hydrogen-bond donors (Lipinski definition) is 0. The Morgan fingerprint density at radius 2 is 1.43 bits per heavy atom. The topological polar surface area (TPSA) is 43.9 Å². The van der Waals surface area contributed by atoms with Crippen molar-refractivity contribution >= 4 is 65.4 Å². The second kappa shape index (κ2) is 9.51. The van der Waals surface area contributed by atoms with Crippen molar-refractivity contribution in [1.82, 2.24) is 14.5 Å². The van der Waals surface area contributed by atoms with E-state index in [1.54, 1.807) is 0 Å². The van der Waals surface area contributed by atoms with Crippen LogP contribution in [0.3, 0.4) is 0 Å². The molecule has 0 spiro atoms. The molecule has 4 nitrogen and oxygen atoms in total. The fourth-order valence-electron chi connectivity index (χ4n) is 6.78. The van der Waals surface area contributed by atoms with Gasteiger partial charge in [0.05, 0.1) is 27.6 Å². The van der Waals surface area contributed by atoms with Crippen molar-refractivity contribution in [3.05, 3.63) is 127 Å². The second-order valence-electron chi connectivity index (χ2n) is 11.8. The molecule has 4 heteroatoms. The van der Waals surface area contributed by atoms with Gasteiger partial charge in [0.2, 0.25) is 5.95 Å². The zero-order valence-corrected chi connectivity index (χ0v) is 24.6. The minimum absolute atomic E-state index is 0.448. The van der Waals surface area contributed by atoms with Crippen LogP contribution in [0.1, 0.15) is 31.7 Å². The quantitative estimate of drug-likeness (QED) is 0.212. The van der Waals surface area contributed by atoms with Gasteiger partial charge in [-0.2, -0.15) is 0 Å². The molecule has 0 fully saturated rings. The maximum Gasteiger partial charge on any atom is 0.235 e. The fourth-order valence-corrected chi connectivity index (χ4v) is 6.78. The van der Waals surface area contributed by atoms with Crippen LogP contribution in [0.4, 0.5) is 0 Å². The molecule has 0 aliphatic carbocycles. The van der Waals surface area contributed by atoms with E-state index in [2.05, 4.69) is 122 Å². The van der Waals surface area contributed by atoms with Crippen molar-refractivity contribution < 1.29 is 4.42 Å². The molecule has 0 saturated heterocycles. The molecule has 1 unspecified atom stereocenters. The molecule has 3 heterocycles. The number of benzene rings is 6. The van der Waals surface area contributed by atoms with E-state index in [1.807, 2.05) is 18.2 Å². The van der Waals surface area contributed by atoms with Crippen LogP contribution in [0.5, 0.6) is 0 Å². The van der Waals surface area contributed by atoms with Crippen molar-refractivity contribution in [2.24, 2.45) is 0 Å². The number of nitrogens with zero attached hydrogens (tertiary/aromatic N) is 3. The lowest BCUT2D eigenvalue weighted by atomic mass is 9.96. The smallest absolute Gasteiger partial charge is 0.235 e. The first-order chi connectivity index (χ1) is 21.7. The number of furan rings is 1. The molecule has 0 aliphatic heterocycles. The predicted molar refractivity (Wildman–Crippen MR) is 183 cm³/mol. The summed E-state index contributed by atoms with van der Waals surface area (Å²) in [5.74, 6) is 1.10. The summed E-state index contributed by atoms with van der Waals surface area (Å²) in [7, 11) is 0. The van der Waals surface area contributed by atoms with Crippen molar-refractivity contribution in [2.75, 3.05) is 0 Å². The van der Waals surface area contributed by atoms with Gasteiger partial charge in [0.15, 0.2) is 0 Å². The van der Waals surface area contributed by atoms with Gasteiger partial charge < -0.3 is 4.42 Å². The molecule has 9 aromatic rings. The summed E-state index contributed by atoms with van der Waals surface area (Å²) in [6, 6.07) is 42.9. The Morgan fingerprint density at radius 3 is 2.32 bits per heavy atom. The molecular formula is C40H29N3O. The average molecular weight is 568 g/mol. The largest absolute Gasteiger partial charge is 0.455 e. The van der Waals surface area contributed by atoms with Crippen LogP contribution in [0, 0.1) is 0 Å². The number of rotatable bonds is 4. The maximum atomic E-state index is 6.60. The lowest BCUT2D eigenvalue weighted by Gasteiger charge is -2.13. The Labute approximate surface area is 254 Å². The first-order valence-electron chi connectivity index (χ1n) is 15.3. The van der Waals surface area contributed by atoms with Crippen LogP contribution < -0.4 is 0 Å². The summed E-state index contributed by atoms with van der Waals surface area (Å²) in [5, 5.41) is 7.95. The van der Waals surface area contributed by atoms with Crippen LogP contribution >= 0.6 is 0 Å². The van der Waals surface area contributed by atoms with Crippen LogP contribution in [0.25, 0.3) is 82.6 Å². The van der Waals surface area contributed by atoms with Gasteiger partial charge >= 0.3 is 0 Å². The first-order valence-corrected chi connectivity index (χ1v) is 15.3. The zero-order valence-electron chi connectivity index (χ0n) is 24.6. The van der Waals surface area contributed by atoms with E-state index in [-0.39, 0.29) is 0 Å². The molecule has 0 saturated carbocycles. The monoisotopic (exact) mass is 567 g/mol. The Morgan fingerprint density at radius 1 is 0.659 bits per heavy atom. The van der Waals surface area contributed by atoms with E-state index >= 15 is 0 Å². The van der Waals surface area contributed by atoms with Crippen LogP contribution in [0.15, 0.2) is 126 Å². The fraction of sp³-hybridized carbons (Fsp3) is 0.100. The predicted octanol–water partition coefficient (Wildman–Crippen LogP) is 11.0. The number of hydrogen-bond acceptors (Lipinski definition) is 3. The highest BCUT2D eigenvalue weighted by Crippen LogP contribution is 2.41. The minimum Gasteiger partial charge on any atom is -0.455 e. The molecule has 0 bridgehead atoms. The Bertz CT molecular complexity index is 2570. The van der Waals surface area contributed by atoms with E-state index in [1.165, 1.54) is 16.3 Å². The summed E-state index contributed by atoms with van der Waals surface area (Å²) in [4.78, 5) is 10.5. The van der Waals surface area contributed by atoms with Gasteiger partial charge in [-0.15, -0.1) is 0 Å². The zero-order chi connectivity index (χ0) is 29.4. The molecule has 1 atom stereocenters. The van der Waals surface area contributed by atoms with Crippen molar-refractivity contribution in [3.63, 3.8) is 0 Å². The van der Waals surface area contributed by atoms with Gasteiger partial charge in [0.25, 0.3) is 0 Å². The SMILES string of the molecule is CCC(C)c1ccc2c(c1)c1c3oc4ccccc4c3ccc1n2-c1nc(-c2ccc3ccccc3c2)c2ccccc2n1. The van der Waals surface area contributed by atoms with Gasteiger partial charge in [-0.05, 0) is 71.1 Å². The first kappa shape index (κ1) is 25.1. The van der Waals surface area contributed by atoms with Gasteiger partial charge in [0.1, 0.15) is 11.2 Å². The Hall–Kier alpha value is -5.48. The maximum absolute atomic E-state index is 6.60.